The minimum absolute atomic E-state index is 0. The van der Waals surface area contributed by atoms with Gasteiger partial charge in [0.25, 0.3) is 0 Å². The highest BCUT2D eigenvalue weighted by Gasteiger charge is 2.40. The van der Waals surface area contributed by atoms with Gasteiger partial charge in [-0.15, -0.1) is 24.8 Å². The van der Waals surface area contributed by atoms with Gasteiger partial charge in [-0.3, -0.25) is 4.79 Å². The number of carbonyl (C=O) groups is 1. The summed E-state index contributed by atoms with van der Waals surface area (Å²) < 4.78 is 13.0. The summed E-state index contributed by atoms with van der Waals surface area (Å²) in [5.74, 6) is -0.0517. The number of piperazine rings is 1. The molecule has 1 aliphatic heterocycles. The Bertz CT molecular complexity index is 560. The molecule has 1 saturated heterocycles. The molecule has 0 aromatic heterocycles. The molecule has 0 radical (unpaired) electrons. The molecule has 1 aromatic rings. The maximum absolute atomic E-state index is 13.0. The fraction of sp³-hybridized carbons (Fsp3) is 0.611. The molecule has 142 valence electrons. The fourth-order valence-corrected chi connectivity index (χ4v) is 3.82. The van der Waals surface area contributed by atoms with Gasteiger partial charge in [-0.1, -0.05) is 12.8 Å². The van der Waals surface area contributed by atoms with E-state index in [1.54, 1.807) is 12.1 Å². The van der Waals surface area contributed by atoms with Crippen LogP contribution in [0.25, 0.3) is 0 Å². The molecule has 1 aliphatic carbocycles. The molecule has 3 rings (SSSR count). The minimum Gasteiger partial charge on any atom is -0.368 e. The summed E-state index contributed by atoms with van der Waals surface area (Å²) in [6.07, 6.45) is 4.05. The van der Waals surface area contributed by atoms with Gasteiger partial charge in [-0.2, -0.15) is 0 Å². The highest BCUT2D eigenvalue weighted by atomic mass is 35.5. The standard InChI is InChI=1S/C18H26FN3O.2ClH/c1-18(20)9-3-2-4-16(18)17(23)22-12-10-21(11-13-22)15-7-5-14(19)6-8-15;;/h5-8,16H,2-4,9-13,20H2,1H3;2*1H. The Morgan fingerprint density at radius 3 is 2.28 bits per heavy atom. The van der Waals surface area contributed by atoms with Crippen molar-refractivity contribution >= 4 is 36.4 Å². The average molecular weight is 392 g/mol. The lowest BCUT2D eigenvalue weighted by Gasteiger charge is -2.42. The van der Waals surface area contributed by atoms with E-state index in [1.807, 2.05) is 11.8 Å². The monoisotopic (exact) mass is 391 g/mol. The molecule has 4 nitrogen and oxygen atoms in total. The summed E-state index contributed by atoms with van der Waals surface area (Å²) in [4.78, 5) is 17.0. The van der Waals surface area contributed by atoms with Crippen molar-refractivity contribution in [2.45, 2.75) is 38.1 Å². The zero-order valence-corrected chi connectivity index (χ0v) is 16.3. The number of carbonyl (C=O) groups excluding carboxylic acids is 1. The van der Waals surface area contributed by atoms with Crippen molar-refractivity contribution < 1.29 is 9.18 Å². The second kappa shape index (κ2) is 9.06. The molecule has 7 heteroatoms. The number of nitrogens with zero attached hydrogens (tertiary/aromatic N) is 2. The molecule has 1 aromatic carbocycles. The summed E-state index contributed by atoms with van der Waals surface area (Å²) in [5.41, 5.74) is 7.01. The van der Waals surface area contributed by atoms with Crippen LogP contribution in [-0.2, 0) is 4.79 Å². The predicted octanol–water partition coefficient (Wildman–Crippen LogP) is 3.23. The fourth-order valence-electron chi connectivity index (χ4n) is 3.82. The molecule has 1 amide bonds. The van der Waals surface area contributed by atoms with Crippen molar-refractivity contribution in [3.05, 3.63) is 30.1 Å². The maximum Gasteiger partial charge on any atom is 0.227 e. The second-order valence-electron chi connectivity index (χ2n) is 7.09. The third kappa shape index (κ3) is 4.99. The SMILES string of the molecule is CC1(N)CCCCC1C(=O)N1CCN(c2ccc(F)cc2)CC1.Cl.Cl. The highest BCUT2D eigenvalue weighted by molar-refractivity contribution is 5.85. The van der Waals surface area contributed by atoms with E-state index in [0.29, 0.717) is 13.1 Å². The predicted molar refractivity (Wildman–Crippen MR) is 104 cm³/mol. The van der Waals surface area contributed by atoms with Gasteiger partial charge in [0.15, 0.2) is 0 Å². The van der Waals surface area contributed by atoms with Crippen LogP contribution in [0.5, 0.6) is 0 Å². The van der Waals surface area contributed by atoms with Crippen LogP contribution >= 0.6 is 24.8 Å². The third-order valence-corrected chi connectivity index (χ3v) is 5.34. The first-order valence-electron chi connectivity index (χ1n) is 8.55. The first-order chi connectivity index (χ1) is 11.0. The van der Waals surface area contributed by atoms with Crippen LogP contribution in [0.15, 0.2) is 24.3 Å². The lowest BCUT2D eigenvalue weighted by molar-refractivity contribution is -0.139. The van der Waals surface area contributed by atoms with Crippen LogP contribution in [0.3, 0.4) is 0 Å². The summed E-state index contributed by atoms with van der Waals surface area (Å²) in [5, 5.41) is 0. The first-order valence-corrected chi connectivity index (χ1v) is 8.55. The number of amides is 1. The molecule has 0 spiro atoms. The van der Waals surface area contributed by atoms with Crippen LogP contribution in [0.4, 0.5) is 10.1 Å². The quantitative estimate of drug-likeness (QED) is 0.841. The van der Waals surface area contributed by atoms with Crippen molar-refractivity contribution in [1.82, 2.24) is 4.90 Å². The number of hydrogen-bond donors (Lipinski definition) is 1. The summed E-state index contributed by atoms with van der Waals surface area (Å²) in [6, 6.07) is 6.55. The minimum atomic E-state index is -0.372. The van der Waals surface area contributed by atoms with E-state index in [2.05, 4.69) is 4.90 Å². The lowest BCUT2D eigenvalue weighted by Crippen LogP contribution is -2.57. The van der Waals surface area contributed by atoms with Gasteiger partial charge in [-0.25, -0.2) is 4.39 Å². The lowest BCUT2D eigenvalue weighted by atomic mass is 9.74. The Kier molecular flexibility index (Phi) is 7.97. The Morgan fingerprint density at radius 2 is 1.72 bits per heavy atom. The largest absolute Gasteiger partial charge is 0.368 e. The van der Waals surface area contributed by atoms with E-state index in [0.717, 1.165) is 44.5 Å². The normalized spacial score (nSPS) is 26.4. The van der Waals surface area contributed by atoms with Crippen LogP contribution < -0.4 is 10.6 Å². The summed E-state index contributed by atoms with van der Waals surface area (Å²) in [7, 11) is 0. The molecule has 2 unspecified atom stereocenters. The van der Waals surface area contributed by atoms with E-state index in [1.165, 1.54) is 12.1 Å². The van der Waals surface area contributed by atoms with Crippen molar-refractivity contribution in [3.63, 3.8) is 0 Å². The van der Waals surface area contributed by atoms with Gasteiger partial charge in [0.2, 0.25) is 5.91 Å². The van der Waals surface area contributed by atoms with Gasteiger partial charge in [0, 0.05) is 37.4 Å². The number of halogens is 3. The molecule has 2 fully saturated rings. The van der Waals surface area contributed by atoms with Crippen LogP contribution in [0.1, 0.15) is 32.6 Å². The Balaban J connectivity index is 0.00000156. The molecular formula is C18H28Cl2FN3O. The van der Waals surface area contributed by atoms with Crippen LogP contribution in [0.2, 0.25) is 0 Å². The summed E-state index contributed by atoms with van der Waals surface area (Å²) in [6.45, 7) is 5.01. The molecule has 2 N–H and O–H groups in total. The molecule has 1 saturated carbocycles. The van der Waals surface area contributed by atoms with Crippen LogP contribution in [-0.4, -0.2) is 42.5 Å². The molecule has 2 aliphatic rings. The smallest absolute Gasteiger partial charge is 0.227 e. The zero-order chi connectivity index (χ0) is 16.4. The highest BCUT2D eigenvalue weighted by Crippen LogP contribution is 2.33. The van der Waals surface area contributed by atoms with E-state index in [-0.39, 0.29) is 48.0 Å². The molecule has 25 heavy (non-hydrogen) atoms. The van der Waals surface area contributed by atoms with Crippen molar-refractivity contribution in [1.29, 1.82) is 0 Å². The van der Waals surface area contributed by atoms with Gasteiger partial charge in [0.1, 0.15) is 5.82 Å². The number of nitrogens with two attached hydrogens (primary N) is 1. The molecule has 1 heterocycles. The first kappa shape index (κ1) is 22.0. The Morgan fingerprint density at radius 1 is 1.12 bits per heavy atom. The van der Waals surface area contributed by atoms with E-state index >= 15 is 0 Å². The van der Waals surface area contributed by atoms with Gasteiger partial charge in [0.05, 0.1) is 5.92 Å². The van der Waals surface area contributed by atoms with Gasteiger partial charge < -0.3 is 15.5 Å². The topological polar surface area (TPSA) is 49.6 Å². The van der Waals surface area contributed by atoms with Crippen molar-refractivity contribution in [3.8, 4) is 0 Å². The third-order valence-electron chi connectivity index (χ3n) is 5.34. The number of benzene rings is 1. The van der Waals surface area contributed by atoms with Gasteiger partial charge >= 0.3 is 0 Å². The average Bonchev–Trinajstić information content (AvgIpc) is 2.55. The number of anilines is 1. The molecular weight excluding hydrogens is 364 g/mol. The summed E-state index contributed by atoms with van der Waals surface area (Å²) >= 11 is 0. The van der Waals surface area contributed by atoms with E-state index in [4.69, 9.17) is 5.73 Å². The number of rotatable bonds is 2. The Labute approximate surface area is 161 Å². The van der Waals surface area contributed by atoms with Crippen LogP contribution in [0, 0.1) is 11.7 Å². The second-order valence-corrected chi connectivity index (χ2v) is 7.09. The molecule has 0 bridgehead atoms. The van der Waals surface area contributed by atoms with E-state index < -0.39 is 0 Å². The van der Waals surface area contributed by atoms with Crippen molar-refractivity contribution in [2.75, 3.05) is 31.1 Å². The maximum atomic E-state index is 13.0. The molecule has 2 atom stereocenters. The Hall–Kier alpha value is -1.04. The van der Waals surface area contributed by atoms with E-state index in [9.17, 15) is 9.18 Å². The number of hydrogen-bond acceptors (Lipinski definition) is 3. The van der Waals surface area contributed by atoms with Gasteiger partial charge in [-0.05, 0) is 44.0 Å². The zero-order valence-electron chi connectivity index (χ0n) is 14.6. The van der Waals surface area contributed by atoms with Crippen molar-refractivity contribution in [2.24, 2.45) is 11.7 Å².